The monoisotopic (exact) mass is 310 g/mol. The van der Waals surface area contributed by atoms with Crippen molar-refractivity contribution >= 4 is 5.91 Å². The summed E-state index contributed by atoms with van der Waals surface area (Å²) in [6.45, 7) is 0.498. The summed E-state index contributed by atoms with van der Waals surface area (Å²) in [6.07, 6.45) is 5.33. The lowest BCUT2D eigenvalue weighted by Gasteiger charge is -2.15. The minimum atomic E-state index is -0.0693. The average Bonchev–Trinajstić information content (AvgIpc) is 3.19. The van der Waals surface area contributed by atoms with Gasteiger partial charge in [0.05, 0.1) is 5.69 Å². The fourth-order valence-electron chi connectivity index (χ4n) is 3.51. The van der Waals surface area contributed by atoms with Crippen molar-refractivity contribution in [1.29, 1.82) is 0 Å². The molecule has 5 heteroatoms. The summed E-state index contributed by atoms with van der Waals surface area (Å²) in [5, 5.41) is 7.73. The molecule has 0 radical (unpaired) electrons. The standard InChI is InChI=1S/C18H22N4O/c19-11-15(12-9-10-12)20-18(23)17-14-7-4-8-16(14)22(21-17)13-5-2-1-3-6-13/h1-3,5-6,12,15H,4,7-11,19H2,(H,20,23). The van der Waals surface area contributed by atoms with Crippen LogP contribution in [0.1, 0.15) is 41.0 Å². The van der Waals surface area contributed by atoms with Crippen LogP contribution in [0.25, 0.3) is 5.69 Å². The van der Waals surface area contributed by atoms with E-state index in [1.54, 1.807) is 0 Å². The molecule has 23 heavy (non-hydrogen) atoms. The summed E-state index contributed by atoms with van der Waals surface area (Å²) in [4.78, 5) is 12.7. The molecule has 1 saturated carbocycles. The third kappa shape index (κ3) is 2.65. The van der Waals surface area contributed by atoms with Gasteiger partial charge in [-0.05, 0) is 50.2 Å². The highest BCUT2D eigenvalue weighted by Crippen LogP contribution is 2.33. The molecule has 1 unspecified atom stereocenters. The Morgan fingerprint density at radius 1 is 1.30 bits per heavy atom. The first-order valence-corrected chi connectivity index (χ1v) is 8.45. The highest BCUT2D eigenvalue weighted by Gasteiger charge is 2.33. The average molecular weight is 310 g/mol. The summed E-state index contributed by atoms with van der Waals surface area (Å²) in [5.74, 6) is 0.480. The number of carbonyl (C=O) groups is 1. The molecule has 3 N–H and O–H groups in total. The Bertz CT molecular complexity index is 718. The zero-order valence-corrected chi connectivity index (χ0v) is 13.2. The minimum absolute atomic E-state index is 0.0693. The molecule has 120 valence electrons. The summed E-state index contributed by atoms with van der Waals surface area (Å²) in [6, 6.07) is 10.1. The molecule has 2 aliphatic carbocycles. The molecule has 1 fully saturated rings. The predicted molar refractivity (Wildman–Crippen MR) is 88.6 cm³/mol. The van der Waals surface area contributed by atoms with E-state index in [1.165, 1.54) is 18.5 Å². The molecule has 1 heterocycles. The van der Waals surface area contributed by atoms with Crippen LogP contribution in [0.15, 0.2) is 30.3 Å². The van der Waals surface area contributed by atoms with Crippen molar-refractivity contribution in [3.63, 3.8) is 0 Å². The normalized spacial score (nSPS) is 17.8. The minimum Gasteiger partial charge on any atom is -0.346 e. The van der Waals surface area contributed by atoms with E-state index >= 15 is 0 Å². The molecule has 1 atom stereocenters. The Morgan fingerprint density at radius 2 is 2.09 bits per heavy atom. The maximum Gasteiger partial charge on any atom is 0.272 e. The van der Waals surface area contributed by atoms with E-state index in [2.05, 4.69) is 10.4 Å². The van der Waals surface area contributed by atoms with Crippen molar-refractivity contribution in [3.8, 4) is 5.69 Å². The Balaban J connectivity index is 1.65. The van der Waals surface area contributed by atoms with Crippen LogP contribution in [0.3, 0.4) is 0 Å². The van der Waals surface area contributed by atoms with Crippen LogP contribution in [-0.4, -0.2) is 28.3 Å². The molecule has 4 rings (SSSR count). The van der Waals surface area contributed by atoms with Crippen LogP contribution in [0.5, 0.6) is 0 Å². The van der Waals surface area contributed by atoms with Crippen LogP contribution in [0.4, 0.5) is 0 Å². The molecule has 5 nitrogen and oxygen atoms in total. The third-order valence-electron chi connectivity index (χ3n) is 4.91. The van der Waals surface area contributed by atoms with Gasteiger partial charge >= 0.3 is 0 Å². The number of aromatic nitrogens is 2. The van der Waals surface area contributed by atoms with Gasteiger partial charge in [0, 0.05) is 23.8 Å². The molecule has 0 spiro atoms. The van der Waals surface area contributed by atoms with Crippen molar-refractivity contribution in [2.75, 3.05) is 6.54 Å². The SMILES string of the molecule is NCC(NC(=O)c1nn(-c2ccccc2)c2c1CCC2)C1CC1. The fourth-order valence-corrected chi connectivity index (χ4v) is 3.51. The number of fused-ring (bicyclic) bond motifs is 1. The van der Waals surface area contributed by atoms with E-state index in [4.69, 9.17) is 5.73 Å². The van der Waals surface area contributed by atoms with Gasteiger partial charge in [0.2, 0.25) is 0 Å². The molecule has 1 aromatic carbocycles. The quantitative estimate of drug-likeness (QED) is 0.885. The summed E-state index contributed by atoms with van der Waals surface area (Å²) in [5.41, 5.74) is 9.70. The lowest BCUT2D eigenvalue weighted by molar-refractivity contribution is 0.0927. The van der Waals surface area contributed by atoms with Gasteiger partial charge in [-0.3, -0.25) is 4.79 Å². The highest BCUT2D eigenvalue weighted by atomic mass is 16.2. The number of carbonyl (C=O) groups excluding carboxylic acids is 1. The maximum absolute atomic E-state index is 12.7. The number of nitrogens with two attached hydrogens (primary N) is 1. The number of amides is 1. The number of rotatable bonds is 5. The van der Waals surface area contributed by atoms with Crippen LogP contribution >= 0.6 is 0 Å². The first-order valence-electron chi connectivity index (χ1n) is 8.45. The second kappa shape index (κ2) is 5.81. The molecule has 0 saturated heterocycles. The van der Waals surface area contributed by atoms with E-state index in [1.807, 2.05) is 35.0 Å². The molecule has 2 aromatic rings. The predicted octanol–water partition coefficient (Wildman–Crippen LogP) is 1.83. The van der Waals surface area contributed by atoms with Crippen molar-refractivity contribution in [1.82, 2.24) is 15.1 Å². The zero-order chi connectivity index (χ0) is 15.8. The van der Waals surface area contributed by atoms with Crippen LogP contribution in [-0.2, 0) is 12.8 Å². The first-order chi connectivity index (χ1) is 11.3. The molecule has 1 amide bonds. The zero-order valence-electron chi connectivity index (χ0n) is 13.2. The Hall–Kier alpha value is -2.14. The number of hydrogen-bond acceptors (Lipinski definition) is 3. The summed E-state index contributed by atoms with van der Waals surface area (Å²) in [7, 11) is 0. The van der Waals surface area contributed by atoms with Crippen molar-refractivity contribution in [3.05, 3.63) is 47.3 Å². The van der Waals surface area contributed by atoms with Crippen LogP contribution in [0, 0.1) is 5.92 Å². The van der Waals surface area contributed by atoms with Gasteiger partial charge < -0.3 is 11.1 Å². The third-order valence-corrected chi connectivity index (χ3v) is 4.91. The first kappa shape index (κ1) is 14.5. The maximum atomic E-state index is 12.7. The number of nitrogens with one attached hydrogen (secondary N) is 1. The molecule has 1 aromatic heterocycles. The van der Waals surface area contributed by atoms with Gasteiger partial charge in [-0.2, -0.15) is 5.10 Å². The smallest absolute Gasteiger partial charge is 0.272 e. The molecular weight excluding hydrogens is 288 g/mol. The van der Waals surface area contributed by atoms with Gasteiger partial charge in [-0.15, -0.1) is 0 Å². The summed E-state index contributed by atoms with van der Waals surface area (Å²) >= 11 is 0. The lowest BCUT2D eigenvalue weighted by atomic mass is 10.1. The number of nitrogens with zero attached hydrogens (tertiary/aromatic N) is 2. The Labute approximate surface area is 135 Å². The van der Waals surface area contributed by atoms with Crippen molar-refractivity contribution in [2.24, 2.45) is 11.7 Å². The number of hydrogen-bond donors (Lipinski definition) is 2. The van der Waals surface area contributed by atoms with Crippen LogP contribution in [0.2, 0.25) is 0 Å². The number of benzene rings is 1. The largest absolute Gasteiger partial charge is 0.346 e. The second-order valence-electron chi connectivity index (χ2n) is 6.53. The van der Waals surface area contributed by atoms with E-state index in [0.29, 0.717) is 18.2 Å². The highest BCUT2D eigenvalue weighted by molar-refractivity contribution is 5.94. The van der Waals surface area contributed by atoms with E-state index in [0.717, 1.165) is 30.5 Å². The lowest BCUT2D eigenvalue weighted by Crippen LogP contribution is -2.42. The topological polar surface area (TPSA) is 72.9 Å². The summed E-state index contributed by atoms with van der Waals surface area (Å²) < 4.78 is 1.94. The van der Waals surface area contributed by atoms with E-state index < -0.39 is 0 Å². The molecular formula is C18H22N4O. The van der Waals surface area contributed by atoms with Crippen LogP contribution < -0.4 is 11.1 Å². The Kier molecular flexibility index (Phi) is 3.65. The number of para-hydroxylation sites is 1. The van der Waals surface area contributed by atoms with Gasteiger partial charge in [-0.1, -0.05) is 18.2 Å². The Morgan fingerprint density at radius 3 is 2.78 bits per heavy atom. The molecule has 2 aliphatic rings. The molecule has 0 aliphatic heterocycles. The molecule has 0 bridgehead atoms. The van der Waals surface area contributed by atoms with Gasteiger partial charge in [-0.25, -0.2) is 4.68 Å². The van der Waals surface area contributed by atoms with Gasteiger partial charge in [0.15, 0.2) is 5.69 Å². The van der Waals surface area contributed by atoms with Gasteiger partial charge in [0.25, 0.3) is 5.91 Å². The second-order valence-corrected chi connectivity index (χ2v) is 6.53. The fraction of sp³-hybridized carbons (Fsp3) is 0.444. The van der Waals surface area contributed by atoms with E-state index in [-0.39, 0.29) is 11.9 Å². The van der Waals surface area contributed by atoms with Crippen molar-refractivity contribution < 1.29 is 4.79 Å². The van der Waals surface area contributed by atoms with E-state index in [9.17, 15) is 4.79 Å². The van der Waals surface area contributed by atoms with Crippen molar-refractivity contribution in [2.45, 2.75) is 38.1 Å². The van der Waals surface area contributed by atoms with Gasteiger partial charge in [0.1, 0.15) is 0 Å².